The first-order chi connectivity index (χ1) is 6.52. The van der Waals surface area contributed by atoms with E-state index in [9.17, 15) is 0 Å². The zero-order chi connectivity index (χ0) is 10.5. The highest BCUT2D eigenvalue weighted by molar-refractivity contribution is 5.11. The summed E-state index contributed by atoms with van der Waals surface area (Å²) in [5.74, 6) is 4.98. The predicted molar refractivity (Wildman–Crippen MR) is 62.1 cm³/mol. The lowest BCUT2D eigenvalue weighted by atomic mass is 9.36. The maximum atomic E-state index is 2.55. The first-order valence-electron chi connectivity index (χ1n) is 6.52. The van der Waals surface area contributed by atoms with Gasteiger partial charge in [0.2, 0.25) is 0 Å². The Labute approximate surface area is 89.5 Å². The van der Waals surface area contributed by atoms with E-state index < -0.39 is 0 Å². The molecule has 2 rings (SSSR count). The molecule has 2 fully saturated rings. The van der Waals surface area contributed by atoms with Crippen LogP contribution in [0.1, 0.15) is 53.9 Å². The van der Waals surface area contributed by atoms with E-state index >= 15 is 0 Å². The molecule has 6 atom stereocenters. The topological polar surface area (TPSA) is 0 Å². The van der Waals surface area contributed by atoms with E-state index in [2.05, 4.69) is 34.6 Å². The van der Waals surface area contributed by atoms with E-state index in [0.29, 0.717) is 0 Å². The Morgan fingerprint density at radius 2 is 2.00 bits per heavy atom. The SMILES string of the molecule is CCC(C)C(C)C1C(C)C2CCC21C. The largest absolute Gasteiger partial charge is 0.0651 e. The Bertz CT molecular complexity index is 220. The molecule has 0 nitrogen and oxygen atoms in total. The molecule has 0 aromatic carbocycles. The lowest BCUT2D eigenvalue weighted by Gasteiger charge is -2.69. The van der Waals surface area contributed by atoms with Crippen LogP contribution in [-0.4, -0.2) is 0 Å². The summed E-state index contributed by atoms with van der Waals surface area (Å²) in [6.07, 6.45) is 4.37. The fourth-order valence-electron chi connectivity index (χ4n) is 4.58. The highest BCUT2D eigenvalue weighted by atomic mass is 14.7. The van der Waals surface area contributed by atoms with Crippen LogP contribution in [0.15, 0.2) is 0 Å². The second-order valence-electron chi connectivity index (χ2n) is 6.28. The van der Waals surface area contributed by atoms with Crippen LogP contribution in [0.25, 0.3) is 0 Å². The van der Waals surface area contributed by atoms with Gasteiger partial charge in [0, 0.05) is 0 Å². The van der Waals surface area contributed by atoms with E-state index in [0.717, 1.165) is 35.0 Å². The molecule has 0 radical (unpaired) electrons. The van der Waals surface area contributed by atoms with E-state index in [1.807, 2.05) is 0 Å². The molecule has 0 saturated heterocycles. The van der Waals surface area contributed by atoms with Crippen LogP contribution in [0.4, 0.5) is 0 Å². The van der Waals surface area contributed by atoms with Crippen molar-refractivity contribution < 1.29 is 0 Å². The summed E-state index contributed by atoms with van der Waals surface area (Å²) in [6, 6.07) is 0. The van der Waals surface area contributed by atoms with Crippen molar-refractivity contribution in [3.63, 3.8) is 0 Å². The zero-order valence-electron chi connectivity index (χ0n) is 10.5. The smallest absolute Gasteiger partial charge is 0.0261 e. The highest BCUT2D eigenvalue weighted by Crippen LogP contribution is 2.70. The van der Waals surface area contributed by atoms with Crippen LogP contribution in [0.5, 0.6) is 0 Å². The molecule has 6 unspecified atom stereocenters. The molecule has 0 aromatic rings. The molecule has 0 amide bonds. The van der Waals surface area contributed by atoms with Crippen molar-refractivity contribution in [2.75, 3.05) is 0 Å². The Kier molecular flexibility index (Phi) is 2.44. The van der Waals surface area contributed by atoms with Gasteiger partial charge in [-0.05, 0) is 47.8 Å². The lowest BCUT2D eigenvalue weighted by Crippen LogP contribution is -2.63. The Morgan fingerprint density at radius 3 is 2.36 bits per heavy atom. The third kappa shape index (κ3) is 1.12. The van der Waals surface area contributed by atoms with Gasteiger partial charge in [0.05, 0.1) is 0 Å². The predicted octanol–water partition coefficient (Wildman–Crippen LogP) is 4.35. The van der Waals surface area contributed by atoms with Crippen molar-refractivity contribution >= 4 is 0 Å². The van der Waals surface area contributed by atoms with Crippen molar-refractivity contribution in [2.45, 2.75) is 53.9 Å². The van der Waals surface area contributed by atoms with Gasteiger partial charge in [-0.15, -0.1) is 0 Å². The summed E-state index contributed by atoms with van der Waals surface area (Å²) in [5.41, 5.74) is 0.752. The molecule has 2 aliphatic carbocycles. The average Bonchev–Trinajstić information content (AvgIpc) is 2.15. The lowest BCUT2D eigenvalue weighted by molar-refractivity contribution is -0.207. The van der Waals surface area contributed by atoms with Crippen LogP contribution in [0.2, 0.25) is 0 Å². The molecule has 0 spiro atoms. The molecule has 14 heavy (non-hydrogen) atoms. The average molecular weight is 194 g/mol. The van der Waals surface area contributed by atoms with Crippen LogP contribution in [-0.2, 0) is 0 Å². The molecule has 0 aliphatic heterocycles. The first kappa shape index (κ1) is 10.5. The second-order valence-corrected chi connectivity index (χ2v) is 6.28. The summed E-state index contributed by atoms with van der Waals surface area (Å²) in [5, 5.41) is 0. The van der Waals surface area contributed by atoms with Gasteiger partial charge in [-0.2, -0.15) is 0 Å². The monoisotopic (exact) mass is 194 g/mol. The molecule has 0 heteroatoms. The number of hydrogen-bond donors (Lipinski definition) is 0. The quantitative estimate of drug-likeness (QED) is 0.626. The summed E-state index contributed by atoms with van der Waals surface area (Å²) >= 11 is 0. The molecule has 82 valence electrons. The Morgan fingerprint density at radius 1 is 1.36 bits per heavy atom. The zero-order valence-corrected chi connectivity index (χ0v) is 10.5. The molecule has 0 bridgehead atoms. The van der Waals surface area contributed by atoms with Gasteiger partial charge in [-0.1, -0.05) is 41.0 Å². The van der Waals surface area contributed by atoms with Gasteiger partial charge in [-0.25, -0.2) is 0 Å². The van der Waals surface area contributed by atoms with Gasteiger partial charge < -0.3 is 0 Å². The van der Waals surface area contributed by atoms with Gasteiger partial charge >= 0.3 is 0 Å². The van der Waals surface area contributed by atoms with Crippen LogP contribution in [0.3, 0.4) is 0 Å². The minimum atomic E-state index is 0.752. The van der Waals surface area contributed by atoms with Crippen LogP contribution < -0.4 is 0 Å². The highest BCUT2D eigenvalue weighted by Gasteiger charge is 2.63. The van der Waals surface area contributed by atoms with E-state index in [1.54, 1.807) is 0 Å². The van der Waals surface area contributed by atoms with Crippen LogP contribution in [0, 0.1) is 35.0 Å². The molecule has 2 aliphatic rings. The summed E-state index contributed by atoms with van der Waals surface area (Å²) in [6.45, 7) is 12.3. The number of fused-ring (bicyclic) bond motifs is 1. The van der Waals surface area contributed by atoms with E-state index in [1.165, 1.54) is 19.3 Å². The maximum Gasteiger partial charge on any atom is -0.0261 e. The molecule has 2 saturated carbocycles. The van der Waals surface area contributed by atoms with Crippen LogP contribution >= 0.6 is 0 Å². The molecular formula is C14H26. The second kappa shape index (κ2) is 3.25. The third-order valence-corrected chi connectivity index (χ3v) is 5.91. The third-order valence-electron chi connectivity index (χ3n) is 5.91. The normalized spacial score (nSPS) is 49.9. The Balaban J connectivity index is 2.04. The Hall–Kier alpha value is 0. The number of hydrogen-bond acceptors (Lipinski definition) is 0. The minimum absolute atomic E-state index is 0.752. The van der Waals surface area contributed by atoms with Gasteiger partial charge in [0.15, 0.2) is 0 Å². The van der Waals surface area contributed by atoms with Crippen molar-refractivity contribution in [3.05, 3.63) is 0 Å². The summed E-state index contributed by atoms with van der Waals surface area (Å²) in [7, 11) is 0. The summed E-state index contributed by atoms with van der Waals surface area (Å²) < 4.78 is 0. The molecule has 0 heterocycles. The van der Waals surface area contributed by atoms with E-state index in [-0.39, 0.29) is 0 Å². The van der Waals surface area contributed by atoms with E-state index in [4.69, 9.17) is 0 Å². The van der Waals surface area contributed by atoms with Gasteiger partial charge in [-0.3, -0.25) is 0 Å². The maximum absolute atomic E-state index is 2.55. The minimum Gasteiger partial charge on any atom is -0.0651 e. The van der Waals surface area contributed by atoms with Crippen molar-refractivity contribution in [1.29, 1.82) is 0 Å². The fourth-order valence-corrected chi connectivity index (χ4v) is 4.58. The standard InChI is InChI=1S/C14H26/c1-6-9(2)10(3)13-11(4)12-7-8-14(12,13)5/h9-13H,6-8H2,1-5H3. The van der Waals surface area contributed by atoms with Crippen molar-refractivity contribution in [1.82, 2.24) is 0 Å². The van der Waals surface area contributed by atoms with Crippen molar-refractivity contribution in [3.8, 4) is 0 Å². The van der Waals surface area contributed by atoms with Gasteiger partial charge in [0.25, 0.3) is 0 Å². The molecular weight excluding hydrogens is 168 g/mol. The number of rotatable bonds is 3. The first-order valence-corrected chi connectivity index (χ1v) is 6.52. The fraction of sp³-hybridized carbons (Fsp3) is 1.00. The molecule has 0 aromatic heterocycles. The van der Waals surface area contributed by atoms with Gasteiger partial charge in [0.1, 0.15) is 0 Å². The summed E-state index contributed by atoms with van der Waals surface area (Å²) in [4.78, 5) is 0. The molecule has 0 N–H and O–H groups in total. The van der Waals surface area contributed by atoms with Crippen molar-refractivity contribution in [2.24, 2.45) is 35.0 Å².